The monoisotopic (exact) mass is 212 g/mol. The Labute approximate surface area is 95.7 Å². The summed E-state index contributed by atoms with van der Waals surface area (Å²) in [5.74, 6) is 0.644. The summed E-state index contributed by atoms with van der Waals surface area (Å²) in [6.07, 6.45) is 4.43. The van der Waals surface area contributed by atoms with E-state index in [2.05, 4.69) is 40.6 Å². The van der Waals surface area contributed by atoms with Gasteiger partial charge < -0.3 is 5.32 Å². The van der Waals surface area contributed by atoms with Crippen molar-refractivity contribution in [1.29, 1.82) is 0 Å². The Kier molecular flexibility index (Phi) is 2.58. The lowest BCUT2D eigenvalue weighted by molar-refractivity contribution is 0.454. The zero-order chi connectivity index (χ0) is 10.8. The molecule has 2 aromatic rings. The number of hydrogen-bond acceptors (Lipinski definition) is 2. The molecule has 1 saturated heterocycles. The highest BCUT2D eigenvalue weighted by Gasteiger charge is 2.16. The van der Waals surface area contributed by atoms with Crippen LogP contribution in [0, 0.1) is 0 Å². The van der Waals surface area contributed by atoms with E-state index in [0.29, 0.717) is 5.92 Å². The zero-order valence-electron chi connectivity index (χ0n) is 9.32. The van der Waals surface area contributed by atoms with E-state index in [1.165, 1.54) is 29.3 Å². The molecule has 0 amide bonds. The van der Waals surface area contributed by atoms with Crippen LogP contribution in [0.25, 0.3) is 10.8 Å². The number of nitrogens with one attached hydrogen (secondary N) is 1. The van der Waals surface area contributed by atoms with Gasteiger partial charge in [0.1, 0.15) is 0 Å². The first-order valence-corrected chi connectivity index (χ1v) is 5.99. The molecule has 0 bridgehead atoms. The maximum atomic E-state index is 4.60. The van der Waals surface area contributed by atoms with Crippen molar-refractivity contribution in [1.82, 2.24) is 10.3 Å². The Hall–Kier alpha value is -1.41. The standard InChI is InChI=1S/C14H16N2/c1-2-4-13-10-16-14(9-12(13)3-1)11-5-7-15-8-6-11/h1-4,9-11,15H,5-8H2. The summed E-state index contributed by atoms with van der Waals surface area (Å²) in [6, 6.07) is 10.7. The molecule has 2 heterocycles. The molecule has 82 valence electrons. The first-order chi connectivity index (χ1) is 7.93. The molecule has 0 spiro atoms. The van der Waals surface area contributed by atoms with E-state index in [1.54, 1.807) is 0 Å². The molecule has 0 unspecified atom stereocenters. The summed E-state index contributed by atoms with van der Waals surface area (Å²) < 4.78 is 0. The highest BCUT2D eigenvalue weighted by atomic mass is 14.9. The SMILES string of the molecule is c1ccc2cc(C3CCNCC3)ncc2c1. The maximum absolute atomic E-state index is 4.60. The molecule has 0 saturated carbocycles. The lowest BCUT2D eigenvalue weighted by Gasteiger charge is -2.22. The molecule has 1 N–H and O–H groups in total. The number of rotatable bonds is 1. The van der Waals surface area contributed by atoms with Crippen LogP contribution >= 0.6 is 0 Å². The number of fused-ring (bicyclic) bond motifs is 1. The lowest BCUT2D eigenvalue weighted by atomic mass is 9.93. The Bertz CT molecular complexity index is 487. The van der Waals surface area contributed by atoms with E-state index in [0.717, 1.165) is 13.1 Å². The Balaban J connectivity index is 1.97. The van der Waals surface area contributed by atoms with Gasteiger partial charge in [-0.2, -0.15) is 0 Å². The number of benzene rings is 1. The molecule has 2 heteroatoms. The molecule has 16 heavy (non-hydrogen) atoms. The third-order valence-corrected chi connectivity index (χ3v) is 3.41. The van der Waals surface area contributed by atoms with Crippen LogP contribution in [0.5, 0.6) is 0 Å². The average molecular weight is 212 g/mol. The summed E-state index contributed by atoms with van der Waals surface area (Å²) in [5.41, 5.74) is 1.26. The van der Waals surface area contributed by atoms with Crippen molar-refractivity contribution >= 4 is 10.8 Å². The Morgan fingerprint density at radius 1 is 1.06 bits per heavy atom. The molecule has 3 rings (SSSR count). The van der Waals surface area contributed by atoms with E-state index >= 15 is 0 Å². The number of piperidine rings is 1. The fourth-order valence-electron chi connectivity index (χ4n) is 2.44. The van der Waals surface area contributed by atoms with Crippen LogP contribution in [0.3, 0.4) is 0 Å². The van der Waals surface area contributed by atoms with Crippen LogP contribution in [-0.4, -0.2) is 18.1 Å². The van der Waals surface area contributed by atoms with Crippen molar-refractivity contribution in [3.8, 4) is 0 Å². The Morgan fingerprint density at radius 2 is 1.81 bits per heavy atom. The second-order valence-corrected chi connectivity index (χ2v) is 4.48. The van der Waals surface area contributed by atoms with Crippen molar-refractivity contribution in [2.45, 2.75) is 18.8 Å². The van der Waals surface area contributed by atoms with Crippen LogP contribution in [0.1, 0.15) is 24.5 Å². The fraction of sp³-hybridized carbons (Fsp3) is 0.357. The summed E-state index contributed by atoms with van der Waals surface area (Å²) in [4.78, 5) is 4.60. The summed E-state index contributed by atoms with van der Waals surface area (Å²) in [7, 11) is 0. The minimum atomic E-state index is 0.644. The summed E-state index contributed by atoms with van der Waals surface area (Å²) in [5, 5.41) is 5.94. The van der Waals surface area contributed by atoms with Gasteiger partial charge in [0.2, 0.25) is 0 Å². The number of aromatic nitrogens is 1. The van der Waals surface area contributed by atoms with Crippen molar-refractivity contribution < 1.29 is 0 Å². The molecule has 2 nitrogen and oxygen atoms in total. The van der Waals surface area contributed by atoms with Gasteiger partial charge in [0.25, 0.3) is 0 Å². The molecule has 0 radical (unpaired) electrons. The molecular formula is C14H16N2. The van der Waals surface area contributed by atoms with Crippen molar-refractivity contribution in [2.75, 3.05) is 13.1 Å². The van der Waals surface area contributed by atoms with Gasteiger partial charge >= 0.3 is 0 Å². The molecule has 0 atom stereocenters. The third kappa shape index (κ3) is 1.81. The quantitative estimate of drug-likeness (QED) is 0.786. The highest BCUT2D eigenvalue weighted by Crippen LogP contribution is 2.25. The molecule has 1 aliphatic heterocycles. The molecule has 1 aromatic carbocycles. The van der Waals surface area contributed by atoms with Gasteiger partial charge in [-0.05, 0) is 37.4 Å². The first-order valence-electron chi connectivity index (χ1n) is 5.99. The van der Waals surface area contributed by atoms with Gasteiger partial charge in [-0.25, -0.2) is 0 Å². The van der Waals surface area contributed by atoms with E-state index in [-0.39, 0.29) is 0 Å². The second kappa shape index (κ2) is 4.22. The minimum Gasteiger partial charge on any atom is -0.317 e. The van der Waals surface area contributed by atoms with Gasteiger partial charge in [0, 0.05) is 23.2 Å². The van der Waals surface area contributed by atoms with Gasteiger partial charge in [-0.3, -0.25) is 4.98 Å². The van der Waals surface area contributed by atoms with Crippen LogP contribution in [0.15, 0.2) is 36.5 Å². The zero-order valence-corrected chi connectivity index (χ0v) is 9.32. The van der Waals surface area contributed by atoms with Gasteiger partial charge in [-0.1, -0.05) is 24.3 Å². The van der Waals surface area contributed by atoms with E-state index < -0.39 is 0 Å². The van der Waals surface area contributed by atoms with Crippen molar-refractivity contribution in [2.24, 2.45) is 0 Å². The van der Waals surface area contributed by atoms with Gasteiger partial charge in [0.05, 0.1) is 0 Å². The predicted octanol–water partition coefficient (Wildman–Crippen LogP) is 2.70. The van der Waals surface area contributed by atoms with E-state index in [9.17, 15) is 0 Å². The normalized spacial score (nSPS) is 17.8. The Morgan fingerprint density at radius 3 is 2.62 bits per heavy atom. The maximum Gasteiger partial charge on any atom is 0.0441 e. The number of nitrogens with zero attached hydrogens (tertiary/aromatic N) is 1. The first kappa shape index (κ1) is 9.79. The lowest BCUT2D eigenvalue weighted by Crippen LogP contribution is -2.27. The molecule has 1 aromatic heterocycles. The van der Waals surface area contributed by atoms with Crippen molar-refractivity contribution in [3.63, 3.8) is 0 Å². The smallest absolute Gasteiger partial charge is 0.0441 e. The molecular weight excluding hydrogens is 196 g/mol. The summed E-state index contributed by atoms with van der Waals surface area (Å²) >= 11 is 0. The number of hydrogen-bond donors (Lipinski definition) is 1. The predicted molar refractivity (Wildman–Crippen MR) is 66.6 cm³/mol. The van der Waals surface area contributed by atoms with Gasteiger partial charge in [0.15, 0.2) is 0 Å². The van der Waals surface area contributed by atoms with E-state index in [1.807, 2.05) is 6.20 Å². The molecule has 0 aliphatic carbocycles. The van der Waals surface area contributed by atoms with Crippen LogP contribution in [0.2, 0.25) is 0 Å². The second-order valence-electron chi connectivity index (χ2n) is 4.48. The van der Waals surface area contributed by atoms with Crippen molar-refractivity contribution in [3.05, 3.63) is 42.2 Å². The fourth-order valence-corrected chi connectivity index (χ4v) is 2.44. The number of pyridine rings is 1. The third-order valence-electron chi connectivity index (χ3n) is 3.41. The summed E-state index contributed by atoms with van der Waals surface area (Å²) in [6.45, 7) is 2.25. The van der Waals surface area contributed by atoms with Crippen LogP contribution in [-0.2, 0) is 0 Å². The van der Waals surface area contributed by atoms with Crippen LogP contribution < -0.4 is 5.32 Å². The average Bonchev–Trinajstić information content (AvgIpc) is 2.39. The highest BCUT2D eigenvalue weighted by molar-refractivity contribution is 5.81. The molecule has 1 aliphatic rings. The minimum absolute atomic E-state index is 0.644. The largest absolute Gasteiger partial charge is 0.317 e. The topological polar surface area (TPSA) is 24.9 Å². The van der Waals surface area contributed by atoms with Crippen LogP contribution in [0.4, 0.5) is 0 Å². The van der Waals surface area contributed by atoms with Gasteiger partial charge in [-0.15, -0.1) is 0 Å². The van der Waals surface area contributed by atoms with E-state index in [4.69, 9.17) is 0 Å². The molecule has 1 fully saturated rings.